The van der Waals surface area contributed by atoms with Crippen LogP contribution < -0.4 is 5.73 Å². The fourth-order valence-electron chi connectivity index (χ4n) is 6.21. The van der Waals surface area contributed by atoms with E-state index in [1.807, 2.05) is 54.8 Å². The van der Waals surface area contributed by atoms with Crippen molar-refractivity contribution in [1.29, 1.82) is 5.26 Å². The SMILES string of the molecule is CCOC(=O)C1=CC(c2cc(C(=O)OCC)ccn2)[N-]C(c2cc(/C=C/c3ccc4ccccc4c3)ccn2)=C1.Cc1ccsc1C1=CC[N-]C(/C([NH-])=C/C(N)C(F)(F)F)=C1.N#C[S-].[Ru+4]. The third kappa shape index (κ3) is 14.5. The maximum absolute atomic E-state index is 12.7. The minimum Gasteiger partial charge on any atom is -0.700 e. The van der Waals surface area contributed by atoms with Crippen molar-refractivity contribution in [2.75, 3.05) is 19.8 Å². The molecular formula is C48H42F3N7O4RuS2. The molecule has 3 aromatic heterocycles. The number of hydrogen-bond donors (Lipinski definition) is 1. The number of thiocyanates is 1. The smallest absolute Gasteiger partial charge is 0.700 e. The molecule has 0 fully saturated rings. The van der Waals surface area contributed by atoms with Crippen molar-refractivity contribution in [2.45, 2.75) is 39.0 Å². The van der Waals surface area contributed by atoms with Gasteiger partial charge in [0.25, 0.3) is 0 Å². The second-order valence-electron chi connectivity index (χ2n) is 13.8. The number of aromatic nitrogens is 2. The molecule has 0 saturated heterocycles. The standard InChI is InChI=1S/C33H28N3O4.C14H14F3N3S.CHNS.Ru/c1-3-39-32(37)26-14-16-35-29(19-26)31-21-27(33(38)40-4-2)20-30(36-31)28-18-23(13-15-34-28)10-9-22-11-12-24-7-5-6-8-25(24)17-22;1-8-3-5-21-13(8)9-2-4-20-11(6-9)10(18)7-12(19)14(15,16)17;2-1-3;/h5-21,31H,3-4H2,1-2H3;2-3,5-7,12,18H,4,19H2,1H3;3H;/q-1;-2;;+4/p-1/b10-9+;10-7-;;. The average Bonchev–Trinajstić information content (AvgIpc) is 3.74. The number of nitriles is 1. The molecule has 5 heterocycles. The Balaban J connectivity index is 0.000000312. The summed E-state index contributed by atoms with van der Waals surface area (Å²) >= 11 is 5.25. The maximum atomic E-state index is 12.7. The van der Waals surface area contributed by atoms with Gasteiger partial charge in [0.2, 0.25) is 0 Å². The number of thiophene rings is 1. The summed E-state index contributed by atoms with van der Waals surface area (Å²) in [6, 6.07) is 20.8. The monoisotopic (exact) mass is 1000 g/mol. The molecule has 7 rings (SSSR count). The zero-order chi connectivity index (χ0) is 46.2. The average molecular weight is 1000 g/mol. The summed E-state index contributed by atoms with van der Waals surface area (Å²) in [6.45, 7) is 6.32. The number of fused-ring (bicyclic) bond motifs is 1. The zero-order valence-corrected chi connectivity index (χ0v) is 38.6. The number of esters is 2. The van der Waals surface area contributed by atoms with Crippen molar-refractivity contribution >= 4 is 70.1 Å². The van der Waals surface area contributed by atoms with Crippen LogP contribution in [0.4, 0.5) is 13.2 Å². The Morgan fingerprint density at radius 2 is 1.66 bits per heavy atom. The second-order valence-corrected chi connectivity index (χ2v) is 14.9. The number of ether oxygens (including phenoxy) is 2. The van der Waals surface area contributed by atoms with Gasteiger partial charge in [-0.1, -0.05) is 90.4 Å². The van der Waals surface area contributed by atoms with Gasteiger partial charge >= 0.3 is 37.6 Å². The first-order valence-corrected chi connectivity index (χ1v) is 21.0. The number of carbonyl (C=O) groups excluding carboxylic acids is 2. The summed E-state index contributed by atoms with van der Waals surface area (Å²) in [5, 5.41) is 21.7. The molecule has 0 spiro atoms. The van der Waals surface area contributed by atoms with Crippen LogP contribution in [0.5, 0.6) is 0 Å². The largest absolute Gasteiger partial charge is 4.00 e. The van der Waals surface area contributed by atoms with Crippen molar-refractivity contribution in [1.82, 2.24) is 9.97 Å². The Kier molecular flexibility index (Phi) is 19.4. The molecule has 0 bridgehead atoms. The van der Waals surface area contributed by atoms with Crippen LogP contribution in [0.25, 0.3) is 50.6 Å². The number of rotatable bonds is 11. The summed E-state index contributed by atoms with van der Waals surface area (Å²) in [6.07, 6.45) is 10.3. The number of pyridine rings is 2. The molecular weight excluding hydrogens is 961 g/mol. The molecule has 0 aliphatic carbocycles. The van der Waals surface area contributed by atoms with E-state index in [-0.39, 0.29) is 44.1 Å². The van der Waals surface area contributed by atoms with E-state index in [1.165, 1.54) is 22.4 Å². The van der Waals surface area contributed by atoms with Crippen LogP contribution in [0.1, 0.15) is 63.2 Å². The van der Waals surface area contributed by atoms with Crippen LogP contribution >= 0.6 is 11.3 Å². The number of alkyl halides is 3. The van der Waals surface area contributed by atoms with E-state index in [4.69, 9.17) is 31.5 Å². The minimum atomic E-state index is -4.55. The number of carbonyl (C=O) groups is 2. The number of allylic oxidation sites excluding steroid dienone is 2. The van der Waals surface area contributed by atoms with Gasteiger partial charge < -0.3 is 44.2 Å². The number of aryl methyl sites for hydroxylation is 1. The Bertz CT molecular complexity index is 2700. The van der Waals surface area contributed by atoms with Gasteiger partial charge in [0, 0.05) is 28.7 Å². The Morgan fingerprint density at radius 1 is 0.985 bits per heavy atom. The number of nitrogens with two attached hydrogens (primary N) is 1. The number of nitrogens with one attached hydrogen (secondary N) is 1. The molecule has 2 aliphatic rings. The molecule has 0 amide bonds. The summed E-state index contributed by atoms with van der Waals surface area (Å²) in [5.74, 6) is -0.909. The molecule has 17 heteroatoms. The first kappa shape index (κ1) is 51.2. The molecule has 2 aliphatic heterocycles. The van der Waals surface area contributed by atoms with Crippen molar-refractivity contribution in [3.05, 3.63) is 193 Å². The van der Waals surface area contributed by atoms with E-state index in [2.05, 4.69) is 64.3 Å². The fourth-order valence-corrected chi connectivity index (χ4v) is 7.15. The second kappa shape index (κ2) is 24.6. The third-order valence-electron chi connectivity index (χ3n) is 9.29. The van der Waals surface area contributed by atoms with Gasteiger partial charge in [-0.15, -0.1) is 23.6 Å². The van der Waals surface area contributed by atoms with Gasteiger partial charge in [-0.2, -0.15) is 24.6 Å². The van der Waals surface area contributed by atoms with E-state index < -0.39 is 30.2 Å². The Labute approximate surface area is 397 Å². The maximum Gasteiger partial charge on any atom is 4.00 e. The van der Waals surface area contributed by atoms with E-state index in [1.54, 1.807) is 61.7 Å². The van der Waals surface area contributed by atoms with Crippen molar-refractivity contribution in [3.63, 3.8) is 0 Å². The molecule has 2 aromatic carbocycles. The fraction of sp³-hybridized carbons (Fsp3) is 0.188. The van der Waals surface area contributed by atoms with E-state index in [0.717, 1.165) is 27.1 Å². The summed E-state index contributed by atoms with van der Waals surface area (Å²) in [7, 11) is 0. The molecule has 334 valence electrons. The number of hydrogen-bond acceptors (Lipinski definition) is 10. The first-order valence-electron chi connectivity index (χ1n) is 19.7. The van der Waals surface area contributed by atoms with Gasteiger partial charge in [-0.25, -0.2) is 14.9 Å². The van der Waals surface area contributed by atoms with E-state index in [9.17, 15) is 22.8 Å². The number of halogens is 3. The molecule has 2 atom stereocenters. The molecule has 3 N–H and O–H groups in total. The minimum absolute atomic E-state index is 0. The predicted octanol–water partition coefficient (Wildman–Crippen LogP) is 11.5. The third-order valence-corrected chi connectivity index (χ3v) is 10.4. The Hall–Kier alpha value is -6.44. The number of nitrogens with zero attached hydrogens (tertiary/aromatic N) is 5. The molecule has 65 heavy (non-hydrogen) atoms. The van der Waals surface area contributed by atoms with Gasteiger partial charge in [0.1, 0.15) is 6.04 Å². The van der Waals surface area contributed by atoms with Gasteiger partial charge in [0.15, 0.2) is 0 Å². The number of benzene rings is 2. The molecule has 0 radical (unpaired) electrons. The molecule has 0 saturated carbocycles. The predicted molar refractivity (Wildman–Crippen MR) is 249 cm³/mol. The summed E-state index contributed by atoms with van der Waals surface area (Å²) < 4.78 is 47.6. The van der Waals surface area contributed by atoms with Crippen molar-refractivity contribution in [3.8, 4) is 5.40 Å². The van der Waals surface area contributed by atoms with Crippen LogP contribution in [0, 0.1) is 17.6 Å². The van der Waals surface area contributed by atoms with Crippen LogP contribution in [-0.4, -0.2) is 53.9 Å². The van der Waals surface area contributed by atoms with Crippen LogP contribution in [-0.2, 0) is 46.4 Å². The van der Waals surface area contributed by atoms with Crippen LogP contribution in [0.15, 0.2) is 138 Å². The first-order chi connectivity index (χ1) is 30.7. The van der Waals surface area contributed by atoms with E-state index >= 15 is 0 Å². The van der Waals surface area contributed by atoms with Crippen LogP contribution in [0.2, 0.25) is 0 Å². The Morgan fingerprint density at radius 3 is 2.34 bits per heavy atom. The van der Waals surface area contributed by atoms with Gasteiger partial charge in [-0.3, -0.25) is 9.97 Å². The topological polar surface area (TPSA) is 180 Å². The molecule has 5 aromatic rings. The van der Waals surface area contributed by atoms with Crippen molar-refractivity contribution in [2.24, 2.45) is 5.73 Å². The molecule has 11 nitrogen and oxygen atoms in total. The van der Waals surface area contributed by atoms with Gasteiger partial charge in [-0.05, 0) is 95.6 Å². The normalized spacial score (nSPS) is 15.0. The van der Waals surface area contributed by atoms with Crippen LogP contribution in [0.3, 0.4) is 0 Å². The summed E-state index contributed by atoms with van der Waals surface area (Å²) in [4.78, 5) is 35.0. The quantitative estimate of drug-likeness (QED) is 0.0583. The van der Waals surface area contributed by atoms with Gasteiger partial charge in [0.05, 0.1) is 24.4 Å². The van der Waals surface area contributed by atoms with Crippen molar-refractivity contribution < 1.29 is 51.7 Å². The van der Waals surface area contributed by atoms with E-state index in [0.29, 0.717) is 40.8 Å². The zero-order valence-electron chi connectivity index (χ0n) is 35.2. The molecule has 2 unspecified atom stereocenters. The summed E-state index contributed by atoms with van der Waals surface area (Å²) in [5.41, 5.74) is 19.0.